The van der Waals surface area contributed by atoms with E-state index in [1.165, 1.54) is 29.2 Å². The topological polar surface area (TPSA) is 112 Å². The third-order valence-corrected chi connectivity index (χ3v) is 5.60. The lowest BCUT2D eigenvalue weighted by Crippen LogP contribution is -2.34. The molecule has 0 saturated heterocycles. The Morgan fingerprint density at radius 3 is 2.75 bits per heavy atom. The highest BCUT2D eigenvalue weighted by molar-refractivity contribution is 7.94. The van der Waals surface area contributed by atoms with Crippen LogP contribution in [0.25, 0.3) is 0 Å². The quantitative estimate of drug-likeness (QED) is 0.164. The fourth-order valence-corrected chi connectivity index (χ4v) is 3.66. The van der Waals surface area contributed by atoms with Gasteiger partial charge in [0, 0.05) is 17.8 Å². The number of nitro benzene ring substituents is 1. The molecule has 1 amide bonds. The monoisotopic (exact) mass is 459 g/mol. The summed E-state index contributed by atoms with van der Waals surface area (Å²) in [7, 11) is 0. The molecule has 170 valence electrons. The minimum Gasteiger partial charge on any atom is -0.487 e. The van der Waals surface area contributed by atoms with Gasteiger partial charge in [-0.1, -0.05) is 11.2 Å². The molecule has 10 heteroatoms. The summed E-state index contributed by atoms with van der Waals surface area (Å²) in [6.07, 6.45) is 2.15. The van der Waals surface area contributed by atoms with Crippen LogP contribution >= 0.6 is 12.0 Å². The number of carbonyl (C=O) groups is 1. The van der Waals surface area contributed by atoms with E-state index >= 15 is 0 Å². The number of amides is 1. The highest BCUT2D eigenvalue weighted by atomic mass is 32.2. The lowest BCUT2D eigenvalue weighted by Gasteiger charge is -2.32. The van der Waals surface area contributed by atoms with E-state index in [9.17, 15) is 14.9 Å². The number of unbranched alkanes of at least 4 members (excludes halogenated alkanes) is 1. The molecule has 3 rings (SSSR count). The Morgan fingerprint density at radius 1 is 1.25 bits per heavy atom. The van der Waals surface area contributed by atoms with Crippen molar-refractivity contribution in [2.45, 2.75) is 51.0 Å². The fourth-order valence-electron chi connectivity index (χ4n) is 3.12. The zero-order chi connectivity index (χ0) is 23.3. The normalized spacial score (nSPS) is 14.4. The SMILES string of the molecule is Cc1ccc(SON=CCCCOc2cc3c(cc2[N+](=O)[O-])NC(=O)OC3(C)C)cc1C. The maximum Gasteiger partial charge on any atom is 0.412 e. The Bertz CT molecular complexity index is 1050. The molecule has 2 aromatic rings. The summed E-state index contributed by atoms with van der Waals surface area (Å²) < 4.78 is 16.2. The predicted octanol–water partition coefficient (Wildman–Crippen LogP) is 5.88. The molecule has 0 fully saturated rings. The van der Waals surface area contributed by atoms with Crippen molar-refractivity contribution in [1.29, 1.82) is 0 Å². The van der Waals surface area contributed by atoms with Gasteiger partial charge in [-0.3, -0.25) is 15.4 Å². The van der Waals surface area contributed by atoms with Crippen molar-refractivity contribution < 1.29 is 23.5 Å². The van der Waals surface area contributed by atoms with Gasteiger partial charge < -0.3 is 13.8 Å². The van der Waals surface area contributed by atoms with Crippen LogP contribution in [0.1, 0.15) is 43.4 Å². The third kappa shape index (κ3) is 5.70. The van der Waals surface area contributed by atoms with Crippen LogP contribution in [0.15, 0.2) is 40.4 Å². The Kier molecular flexibility index (Phi) is 7.24. The van der Waals surface area contributed by atoms with Gasteiger partial charge in [-0.25, -0.2) is 4.79 Å². The van der Waals surface area contributed by atoms with Crippen LogP contribution in [-0.2, 0) is 14.6 Å². The van der Waals surface area contributed by atoms with Crippen molar-refractivity contribution in [2.24, 2.45) is 5.16 Å². The predicted molar refractivity (Wildman–Crippen MR) is 122 cm³/mol. The highest BCUT2D eigenvalue weighted by Crippen LogP contribution is 2.42. The second kappa shape index (κ2) is 9.90. The van der Waals surface area contributed by atoms with E-state index in [0.29, 0.717) is 24.1 Å². The molecule has 9 nitrogen and oxygen atoms in total. The number of nitrogens with zero attached hydrogens (tertiary/aromatic N) is 2. The summed E-state index contributed by atoms with van der Waals surface area (Å²) in [6, 6.07) is 8.88. The Hall–Kier alpha value is -3.27. The van der Waals surface area contributed by atoms with E-state index in [1.54, 1.807) is 26.1 Å². The van der Waals surface area contributed by atoms with Crippen molar-refractivity contribution in [3.05, 3.63) is 57.1 Å². The summed E-state index contributed by atoms with van der Waals surface area (Å²) in [5, 5.41) is 17.9. The van der Waals surface area contributed by atoms with Gasteiger partial charge in [-0.05, 0) is 69.9 Å². The summed E-state index contributed by atoms with van der Waals surface area (Å²) >= 11 is 1.18. The van der Waals surface area contributed by atoms with Gasteiger partial charge in [0.2, 0.25) is 0 Å². The molecule has 0 unspecified atom stereocenters. The molecular formula is C22H25N3O6S. The van der Waals surface area contributed by atoms with Crippen molar-refractivity contribution in [2.75, 3.05) is 11.9 Å². The van der Waals surface area contributed by atoms with Crippen LogP contribution in [-0.4, -0.2) is 23.8 Å². The number of nitrogens with one attached hydrogen (secondary N) is 1. The van der Waals surface area contributed by atoms with Crippen LogP contribution in [0.4, 0.5) is 16.2 Å². The average molecular weight is 460 g/mol. The van der Waals surface area contributed by atoms with Gasteiger partial charge in [0.1, 0.15) is 17.6 Å². The number of rotatable bonds is 9. The van der Waals surface area contributed by atoms with Crippen LogP contribution in [0.3, 0.4) is 0 Å². The number of anilines is 1. The molecule has 32 heavy (non-hydrogen) atoms. The largest absolute Gasteiger partial charge is 0.487 e. The molecule has 2 aromatic carbocycles. The van der Waals surface area contributed by atoms with Crippen molar-refractivity contribution in [3.63, 3.8) is 0 Å². The minimum atomic E-state index is -0.928. The van der Waals surface area contributed by atoms with Crippen molar-refractivity contribution in [3.8, 4) is 5.75 Å². The Morgan fingerprint density at radius 2 is 2.03 bits per heavy atom. The van der Waals surface area contributed by atoms with E-state index < -0.39 is 16.6 Å². The summed E-state index contributed by atoms with van der Waals surface area (Å²) in [4.78, 5) is 23.6. The van der Waals surface area contributed by atoms with Gasteiger partial charge in [-0.15, -0.1) is 0 Å². The molecule has 1 heterocycles. The molecule has 0 atom stereocenters. The first-order chi connectivity index (χ1) is 15.2. The van der Waals surface area contributed by atoms with Crippen LogP contribution in [0, 0.1) is 24.0 Å². The van der Waals surface area contributed by atoms with E-state index in [-0.39, 0.29) is 18.0 Å². The van der Waals surface area contributed by atoms with Crippen molar-refractivity contribution >= 4 is 35.7 Å². The number of aryl methyl sites for hydroxylation is 2. The van der Waals surface area contributed by atoms with Crippen molar-refractivity contribution in [1.82, 2.24) is 0 Å². The van der Waals surface area contributed by atoms with Gasteiger partial charge in [-0.2, -0.15) is 0 Å². The number of oxime groups is 1. The molecule has 0 bridgehead atoms. The molecule has 0 radical (unpaired) electrons. The number of fused-ring (bicyclic) bond motifs is 1. The number of carbonyl (C=O) groups excluding carboxylic acids is 1. The number of benzene rings is 2. The first kappa shape index (κ1) is 23.4. The summed E-state index contributed by atoms with van der Waals surface area (Å²) in [5.41, 5.74) is 2.21. The number of hydrogen-bond acceptors (Lipinski definition) is 8. The van der Waals surface area contributed by atoms with E-state index in [2.05, 4.69) is 17.4 Å². The molecular weight excluding hydrogens is 434 g/mol. The maximum absolute atomic E-state index is 11.7. The number of cyclic esters (lactones) is 1. The Labute approximate surface area is 190 Å². The average Bonchev–Trinajstić information content (AvgIpc) is 2.71. The third-order valence-electron chi connectivity index (χ3n) is 4.99. The number of nitro groups is 1. The van der Waals surface area contributed by atoms with Gasteiger partial charge in [0.25, 0.3) is 0 Å². The van der Waals surface area contributed by atoms with Gasteiger partial charge in [0.05, 0.1) is 22.1 Å². The summed E-state index contributed by atoms with van der Waals surface area (Å²) in [5.74, 6) is 0.125. The van der Waals surface area contributed by atoms with Crippen LogP contribution < -0.4 is 10.1 Å². The molecule has 1 N–H and O–H groups in total. The minimum absolute atomic E-state index is 0.125. The zero-order valence-corrected chi connectivity index (χ0v) is 19.2. The number of hydrogen-bond donors (Lipinski definition) is 1. The van der Waals surface area contributed by atoms with E-state index in [0.717, 1.165) is 4.90 Å². The maximum atomic E-state index is 11.7. The fraction of sp³-hybridized carbons (Fsp3) is 0.364. The lowest BCUT2D eigenvalue weighted by atomic mass is 9.94. The highest BCUT2D eigenvalue weighted by Gasteiger charge is 2.36. The molecule has 1 aliphatic heterocycles. The zero-order valence-electron chi connectivity index (χ0n) is 18.3. The number of ether oxygens (including phenoxy) is 2. The first-order valence-corrected chi connectivity index (χ1v) is 10.8. The standard InChI is InChI=1S/C22H25N3O6S/c1-14-7-8-16(11-15(14)2)32-31-23-9-5-6-10-29-20-12-17-18(13-19(20)25(27)28)24-21(26)30-22(17,3)4/h7-9,11-13H,5-6,10H2,1-4H3,(H,24,26). The van der Waals surface area contributed by atoms with Crippen LogP contribution in [0.2, 0.25) is 0 Å². The Balaban J connectivity index is 1.52. The molecule has 0 aliphatic carbocycles. The molecule has 0 aromatic heterocycles. The summed E-state index contributed by atoms with van der Waals surface area (Å²) in [6.45, 7) is 7.78. The van der Waals surface area contributed by atoms with Gasteiger partial charge in [0.15, 0.2) is 5.75 Å². The molecule has 1 aliphatic rings. The second-order valence-corrected chi connectivity index (χ2v) is 8.62. The van der Waals surface area contributed by atoms with E-state index in [4.69, 9.17) is 13.8 Å². The lowest BCUT2D eigenvalue weighted by molar-refractivity contribution is -0.385. The first-order valence-electron chi connectivity index (χ1n) is 10.1. The second-order valence-electron chi connectivity index (χ2n) is 7.83. The van der Waals surface area contributed by atoms with Crippen LogP contribution in [0.5, 0.6) is 5.75 Å². The smallest absolute Gasteiger partial charge is 0.412 e. The van der Waals surface area contributed by atoms with Gasteiger partial charge >= 0.3 is 11.8 Å². The molecule has 0 saturated carbocycles. The van der Waals surface area contributed by atoms with E-state index in [1.807, 2.05) is 25.1 Å². The molecule has 0 spiro atoms.